The van der Waals surface area contributed by atoms with Gasteiger partial charge in [-0.2, -0.15) is 0 Å². The summed E-state index contributed by atoms with van der Waals surface area (Å²) in [7, 11) is 1.44. The van der Waals surface area contributed by atoms with Crippen LogP contribution in [0.15, 0.2) is 95.3 Å². The maximum atomic E-state index is 14.4. The lowest BCUT2D eigenvalue weighted by atomic mass is 9.71. The normalized spacial score (nSPS) is 19.3. The minimum absolute atomic E-state index is 0.0107. The number of benzene rings is 3. The van der Waals surface area contributed by atoms with E-state index in [2.05, 4.69) is 10.6 Å². The molecule has 37 heavy (non-hydrogen) atoms. The summed E-state index contributed by atoms with van der Waals surface area (Å²) in [4.78, 5) is 27.3. The number of rotatable bonds is 5. The van der Waals surface area contributed by atoms with Crippen LogP contribution in [0.25, 0.3) is 0 Å². The summed E-state index contributed by atoms with van der Waals surface area (Å²) in [6.45, 7) is 1.78. The number of carbonyl (C=O) groups is 2. The molecule has 5 rings (SSSR count). The van der Waals surface area contributed by atoms with E-state index in [1.54, 1.807) is 31.2 Å². The van der Waals surface area contributed by atoms with Crippen LogP contribution in [-0.4, -0.2) is 23.9 Å². The van der Waals surface area contributed by atoms with E-state index in [9.17, 15) is 19.1 Å². The maximum Gasteiger partial charge on any atom is 0.254 e. The zero-order valence-electron chi connectivity index (χ0n) is 20.5. The third-order valence-corrected chi connectivity index (χ3v) is 7.00. The van der Waals surface area contributed by atoms with Crippen LogP contribution in [0, 0.1) is 5.82 Å². The fourth-order valence-electron chi connectivity index (χ4n) is 5.26. The molecule has 188 valence electrons. The number of allylic oxidation sites excluding steroid dienone is 3. The van der Waals surface area contributed by atoms with Crippen LogP contribution >= 0.6 is 0 Å². The first-order valence-electron chi connectivity index (χ1n) is 12.1. The van der Waals surface area contributed by atoms with E-state index in [1.165, 1.54) is 25.3 Å². The number of carbonyl (C=O) groups excluding carboxylic acids is 2. The number of hydrogen-bond donors (Lipinski definition) is 3. The molecule has 1 aliphatic heterocycles. The molecule has 0 aromatic heterocycles. The van der Waals surface area contributed by atoms with Crippen molar-refractivity contribution in [2.45, 2.75) is 31.6 Å². The highest BCUT2D eigenvalue weighted by Crippen LogP contribution is 2.46. The Morgan fingerprint density at radius 2 is 1.76 bits per heavy atom. The Bertz CT molecular complexity index is 1440. The van der Waals surface area contributed by atoms with Gasteiger partial charge in [-0.1, -0.05) is 48.5 Å². The molecule has 0 fully saturated rings. The van der Waals surface area contributed by atoms with E-state index in [0.29, 0.717) is 35.2 Å². The van der Waals surface area contributed by atoms with E-state index >= 15 is 0 Å². The number of ether oxygens (including phenoxy) is 1. The first kappa shape index (κ1) is 24.3. The minimum atomic E-state index is -0.721. The topological polar surface area (TPSA) is 87.7 Å². The summed E-state index contributed by atoms with van der Waals surface area (Å²) in [6.07, 6.45) is 0.911. The predicted molar refractivity (Wildman–Crippen MR) is 139 cm³/mol. The molecule has 6 nitrogen and oxygen atoms in total. The molecule has 3 aromatic carbocycles. The van der Waals surface area contributed by atoms with Gasteiger partial charge in [0.1, 0.15) is 5.82 Å². The fraction of sp³-hybridized carbons (Fsp3) is 0.200. The molecule has 1 aliphatic carbocycles. The van der Waals surface area contributed by atoms with Crippen LogP contribution < -0.4 is 15.4 Å². The summed E-state index contributed by atoms with van der Waals surface area (Å²) < 4.78 is 19.7. The number of phenols is 1. The largest absolute Gasteiger partial charge is 0.504 e. The monoisotopic (exact) mass is 498 g/mol. The van der Waals surface area contributed by atoms with Crippen molar-refractivity contribution >= 4 is 17.4 Å². The number of ketones is 1. The highest BCUT2D eigenvalue weighted by Gasteiger charge is 2.41. The average Bonchev–Trinajstić information content (AvgIpc) is 2.90. The molecule has 0 spiro atoms. The second-order valence-corrected chi connectivity index (χ2v) is 9.29. The number of dihydropyridines is 1. The average molecular weight is 499 g/mol. The van der Waals surface area contributed by atoms with Crippen LogP contribution in [0.3, 0.4) is 0 Å². The van der Waals surface area contributed by atoms with Crippen molar-refractivity contribution in [2.24, 2.45) is 0 Å². The molecular weight excluding hydrogens is 471 g/mol. The number of Topliss-reactive ketones (excluding diaryl/α,β-unsaturated/α-hetero) is 1. The van der Waals surface area contributed by atoms with Crippen LogP contribution in [0.5, 0.6) is 11.5 Å². The van der Waals surface area contributed by atoms with Gasteiger partial charge in [-0.15, -0.1) is 0 Å². The van der Waals surface area contributed by atoms with Gasteiger partial charge in [-0.25, -0.2) is 4.39 Å². The Hall–Kier alpha value is -4.39. The Morgan fingerprint density at radius 3 is 2.49 bits per heavy atom. The molecule has 0 saturated heterocycles. The van der Waals surface area contributed by atoms with Crippen molar-refractivity contribution in [1.82, 2.24) is 5.32 Å². The van der Waals surface area contributed by atoms with E-state index in [-0.39, 0.29) is 28.9 Å². The summed E-state index contributed by atoms with van der Waals surface area (Å²) >= 11 is 0. The number of para-hydroxylation sites is 1. The Kier molecular flexibility index (Phi) is 6.53. The molecule has 0 radical (unpaired) electrons. The van der Waals surface area contributed by atoms with Crippen LogP contribution in [0.4, 0.5) is 10.1 Å². The molecule has 1 heterocycles. The molecule has 7 heteroatoms. The SMILES string of the molecule is COc1cc([C@@H]2C(C(=O)Nc3ccccc3F)=C(C)NC3=C2C(=O)C[C@H](c2ccccc2)C3)ccc1O. The Balaban J connectivity index is 1.60. The van der Waals surface area contributed by atoms with Gasteiger partial charge in [0.2, 0.25) is 0 Å². The predicted octanol–water partition coefficient (Wildman–Crippen LogP) is 5.54. The number of phenolic OH excluding ortho intramolecular Hbond substituents is 1. The molecule has 3 N–H and O–H groups in total. The first-order chi connectivity index (χ1) is 17.9. The van der Waals surface area contributed by atoms with E-state index < -0.39 is 17.6 Å². The summed E-state index contributed by atoms with van der Waals surface area (Å²) in [5, 5.41) is 16.2. The molecule has 0 saturated carbocycles. The van der Waals surface area contributed by atoms with E-state index in [4.69, 9.17) is 4.74 Å². The van der Waals surface area contributed by atoms with Gasteiger partial charge in [0, 0.05) is 34.9 Å². The van der Waals surface area contributed by atoms with Gasteiger partial charge in [0.25, 0.3) is 5.91 Å². The number of aromatic hydroxyl groups is 1. The third-order valence-electron chi connectivity index (χ3n) is 7.00. The molecule has 2 atom stereocenters. The highest BCUT2D eigenvalue weighted by atomic mass is 19.1. The van der Waals surface area contributed by atoms with Gasteiger partial charge in [0.05, 0.1) is 12.8 Å². The number of nitrogens with one attached hydrogen (secondary N) is 2. The highest BCUT2D eigenvalue weighted by molar-refractivity contribution is 6.10. The molecular formula is C30H27FN2O4. The summed E-state index contributed by atoms with van der Waals surface area (Å²) in [6, 6.07) is 20.6. The smallest absolute Gasteiger partial charge is 0.254 e. The standard InChI is InChI=1S/C30H27FN2O4/c1-17-27(30(36)33-22-11-7-6-10-21(22)31)28(19-12-13-24(34)26(16-19)37-2)29-23(32-17)14-20(15-25(29)35)18-8-4-3-5-9-18/h3-13,16,20,28,32,34H,14-15H2,1-2H3,(H,33,36)/t20-,28-/m1/s1. The number of methoxy groups -OCH3 is 1. The van der Waals surface area contributed by atoms with Gasteiger partial charge in [0.15, 0.2) is 17.3 Å². The fourth-order valence-corrected chi connectivity index (χ4v) is 5.26. The lowest BCUT2D eigenvalue weighted by molar-refractivity contribution is -0.116. The van der Waals surface area contributed by atoms with Crippen molar-refractivity contribution in [3.8, 4) is 11.5 Å². The van der Waals surface area contributed by atoms with Gasteiger partial charge in [-0.05, 0) is 54.7 Å². The quantitative estimate of drug-likeness (QED) is 0.430. The molecule has 0 bridgehead atoms. The zero-order valence-corrected chi connectivity index (χ0v) is 20.5. The van der Waals surface area contributed by atoms with Crippen LogP contribution in [0.2, 0.25) is 0 Å². The Labute approximate surface area is 214 Å². The van der Waals surface area contributed by atoms with Gasteiger partial charge >= 0.3 is 0 Å². The molecule has 3 aromatic rings. The van der Waals surface area contributed by atoms with Crippen molar-refractivity contribution in [3.05, 3.63) is 112 Å². The summed E-state index contributed by atoms with van der Waals surface area (Å²) in [5.41, 5.74) is 3.90. The third kappa shape index (κ3) is 4.60. The van der Waals surface area contributed by atoms with E-state index in [1.807, 2.05) is 30.3 Å². The molecule has 1 amide bonds. The maximum absolute atomic E-state index is 14.4. The van der Waals surface area contributed by atoms with Crippen molar-refractivity contribution in [3.63, 3.8) is 0 Å². The van der Waals surface area contributed by atoms with E-state index in [0.717, 1.165) is 11.3 Å². The Morgan fingerprint density at radius 1 is 1.03 bits per heavy atom. The van der Waals surface area contributed by atoms with Crippen molar-refractivity contribution in [1.29, 1.82) is 0 Å². The zero-order chi connectivity index (χ0) is 26.1. The molecule has 2 aliphatic rings. The first-order valence-corrected chi connectivity index (χ1v) is 12.1. The van der Waals surface area contributed by atoms with Gasteiger partial charge in [-0.3, -0.25) is 9.59 Å². The lowest BCUT2D eigenvalue weighted by Crippen LogP contribution is -2.37. The number of halogens is 1. The van der Waals surface area contributed by atoms with Crippen LogP contribution in [-0.2, 0) is 9.59 Å². The van der Waals surface area contributed by atoms with Gasteiger partial charge < -0.3 is 20.5 Å². The second kappa shape index (κ2) is 9.93. The summed E-state index contributed by atoms with van der Waals surface area (Å²) in [5.74, 6) is -1.67. The number of hydrogen-bond acceptors (Lipinski definition) is 5. The number of amides is 1. The molecule has 0 unspecified atom stereocenters. The van der Waals surface area contributed by atoms with Crippen LogP contribution in [0.1, 0.15) is 42.7 Å². The second-order valence-electron chi connectivity index (χ2n) is 9.29. The number of anilines is 1. The lowest BCUT2D eigenvalue weighted by Gasteiger charge is -2.37. The minimum Gasteiger partial charge on any atom is -0.504 e. The van der Waals surface area contributed by atoms with Crippen molar-refractivity contribution in [2.75, 3.05) is 12.4 Å². The van der Waals surface area contributed by atoms with Crippen molar-refractivity contribution < 1.29 is 23.8 Å².